The Morgan fingerprint density at radius 3 is 2.63 bits per heavy atom. The molecule has 1 aromatic heterocycles. The molecule has 9 nitrogen and oxygen atoms in total. The molecular formula is C31H33FN4O5. The fourth-order valence-electron chi connectivity index (χ4n) is 4.97. The second-order valence-corrected chi connectivity index (χ2v) is 11.4. The predicted octanol–water partition coefficient (Wildman–Crippen LogP) is 3.72. The molecule has 3 amide bonds. The quantitative estimate of drug-likeness (QED) is 0.434. The monoisotopic (exact) mass is 560 g/mol. The molecule has 1 saturated heterocycles. The summed E-state index contributed by atoms with van der Waals surface area (Å²) in [5, 5.41) is 5.78. The van der Waals surface area contributed by atoms with Crippen LogP contribution in [0.5, 0.6) is 11.5 Å². The summed E-state index contributed by atoms with van der Waals surface area (Å²) in [4.78, 5) is 45.1. The van der Waals surface area contributed by atoms with E-state index in [-0.39, 0.29) is 43.2 Å². The lowest BCUT2D eigenvalue weighted by molar-refractivity contribution is -0.142. The van der Waals surface area contributed by atoms with E-state index in [0.717, 1.165) is 5.56 Å². The number of halogens is 1. The minimum atomic E-state index is -0.593. The maximum absolute atomic E-state index is 14.6. The van der Waals surface area contributed by atoms with Gasteiger partial charge in [0.1, 0.15) is 23.4 Å². The number of carbonyl (C=O) groups is 3. The lowest BCUT2D eigenvalue weighted by atomic mass is 9.92. The van der Waals surface area contributed by atoms with Gasteiger partial charge < -0.3 is 25.0 Å². The Morgan fingerprint density at radius 1 is 1.02 bits per heavy atom. The Bertz CT molecular complexity index is 1470. The molecule has 0 unspecified atom stereocenters. The normalized spacial score (nSPS) is 19.7. The van der Waals surface area contributed by atoms with Gasteiger partial charge in [0.2, 0.25) is 5.91 Å². The standard InChI is InChI=1S/C31H33FN4O5/c1-31(2,3)30(39)36-8-7-27-26(17-36)35-29(38)22-11-21(15-33-16-22)20-5-4-6-24(12-20)40-18-28(37)34-14-19-9-23(32)13-25(10-19)41-27/h4-6,9-13,15-16,26-27H,7-8,14,17-18H2,1-3H3,(H,34,37)(H,35,38)/t26-,27+/m1/s1. The number of benzene rings is 2. The van der Waals surface area contributed by atoms with E-state index in [1.165, 1.54) is 18.3 Å². The highest BCUT2D eigenvalue weighted by molar-refractivity contribution is 5.95. The van der Waals surface area contributed by atoms with Crippen molar-refractivity contribution in [3.8, 4) is 22.6 Å². The Morgan fingerprint density at radius 2 is 1.83 bits per heavy atom. The zero-order chi connectivity index (χ0) is 29.1. The van der Waals surface area contributed by atoms with Crippen molar-refractivity contribution in [1.29, 1.82) is 0 Å². The molecule has 1 fully saturated rings. The summed E-state index contributed by atoms with van der Waals surface area (Å²) >= 11 is 0. The van der Waals surface area contributed by atoms with Crippen molar-refractivity contribution in [2.45, 2.75) is 45.9 Å². The molecule has 0 aliphatic carbocycles. The van der Waals surface area contributed by atoms with Crippen LogP contribution >= 0.6 is 0 Å². The molecule has 10 heteroatoms. The Labute approximate surface area is 238 Å². The van der Waals surface area contributed by atoms with E-state index in [4.69, 9.17) is 9.47 Å². The van der Waals surface area contributed by atoms with Gasteiger partial charge in [0.05, 0.1) is 11.6 Å². The molecule has 214 valence electrons. The molecule has 3 aromatic rings. The third kappa shape index (κ3) is 6.82. The van der Waals surface area contributed by atoms with Crippen LogP contribution in [0.2, 0.25) is 0 Å². The highest BCUT2D eigenvalue weighted by atomic mass is 19.1. The molecule has 2 aromatic carbocycles. The van der Waals surface area contributed by atoms with Crippen LogP contribution in [0.1, 0.15) is 43.1 Å². The summed E-state index contributed by atoms with van der Waals surface area (Å²) in [6, 6.07) is 12.5. The van der Waals surface area contributed by atoms with Gasteiger partial charge in [-0.2, -0.15) is 0 Å². The van der Waals surface area contributed by atoms with Crippen LogP contribution < -0.4 is 20.1 Å². The number of aromatic nitrogens is 1. The van der Waals surface area contributed by atoms with E-state index in [9.17, 15) is 18.8 Å². The largest absolute Gasteiger partial charge is 0.488 e. The summed E-state index contributed by atoms with van der Waals surface area (Å²) in [5.74, 6) is -0.550. The van der Waals surface area contributed by atoms with E-state index in [2.05, 4.69) is 15.6 Å². The molecule has 6 bridgehead atoms. The van der Waals surface area contributed by atoms with Gasteiger partial charge in [-0.1, -0.05) is 32.9 Å². The van der Waals surface area contributed by atoms with Crippen molar-refractivity contribution < 1.29 is 28.2 Å². The van der Waals surface area contributed by atoms with Crippen molar-refractivity contribution in [2.75, 3.05) is 19.7 Å². The molecule has 0 spiro atoms. The van der Waals surface area contributed by atoms with E-state index < -0.39 is 23.4 Å². The number of carbonyl (C=O) groups excluding carboxylic acids is 3. The second-order valence-electron chi connectivity index (χ2n) is 11.4. The maximum Gasteiger partial charge on any atom is 0.258 e. The molecule has 2 aliphatic heterocycles. The van der Waals surface area contributed by atoms with Gasteiger partial charge in [0, 0.05) is 55.5 Å². The van der Waals surface area contributed by atoms with E-state index >= 15 is 0 Å². The van der Waals surface area contributed by atoms with Crippen LogP contribution in [0.25, 0.3) is 11.1 Å². The number of pyridine rings is 1. The number of hydrogen-bond acceptors (Lipinski definition) is 6. The van der Waals surface area contributed by atoms with Crippen LogP contribution in [-0.4, -0.2) is 59.4 Å². The highest BCUT2D eigenvalue weighted by Gasteiger charge is 2.37. The number of ether oxygens (including phenoxy) is 2. The summed E-state index contributed by atoms with van der Waals surface area (Å²) in [5.41, 5.74) is 1.70. The molecule has 2 aliphatic rings. The number of fused-ring (bicyclic) bond motifs is 8. The predicted molar refractivity (Wildman–Crippen MR) is 150 cm³/mol. The maximum atomic E-state index is 14.6. The lowest BCUT2D eigenvalue weighted by Crippen LogP contribution is -2.59. The second kappa shape index (κ2) is 11.6. The first-order valence-electron chi connectivity index (χ1n) is 13.6. The number of hydrogen-bond donors (Lipinski definition) is 2. The SMILES string of the molecule is CC(C)(C)C(=O)N1CC[C@@H]2Oc3cc(F)cc(c3)CNC(=O)COc3cccc(c3)-c3cncc(c3)C(=O)N[C@@H]2C1. The Hall–Kier alpha value is -4.47. The molecule has 5 rings (SSSR count). The van der Waals surface area contributed by atoms with Gasteiger partial charge in [-0.25, -0.2) is 4.39 Å². The van der Waals surface area contributed by atoms with Crippen LogP contribution in [-0.2, 0) is 16.1 Å². The molecule has 41 heavy (non-hydrogen) atoms. The molecule has 0 radical (unpaired) electrons. The summed E-state index contributed by atoms with van der Waals surface area (Å²) < 4.78 is 26.5. The number of nitrogens with one attached hydrogen (secondary N) is 2. The third-order valence-corrected chi connectivity index (χ3v) is 7.04. The van der Waals surface area contributed by atoms with E-state index in [0.29, 0.717) is 35.4 Å². The lowest BCUT2D eigenvalue weighted by Gasteiger charge is -2.41. The van der Waals surface area contributed by atoms with Crippen LogP contribution in [0.15, 0.2) is 60.9 Å². The first-order chi connectivity index (χ1) is 19.5. The van der Waals surface area contributed by atoms with Gasteiger partial charge in [-0.05, 0) is 41.5 Å². The van der Waals surface area contributed by atoms with Crippen molar-refractivity contribution in [2.24, 2.45) is 5.41 Å². The third-order valence-electron chi connectivity index (χ3n) is 7.04. The van der Waals surface area contributed by atoms with Crippen LogP contribution in [0.4, 0.5) is 4.39 Å². The number of piperidine rings is 1. The van der Waals surface area contributed by atoms with Gasteiger partial charge >= 0.3 is 0 Å². The first-order valence-corrected chi connectivity index (χ1v) is 13.6. The minimum absolute atomic E-state index is 0.0322. The average molecular weight is 561 g/mol. The molecule has 0 saturated carbocycles. The fraction of sp³-hybridized carbons (Fsp3) is 0.355. The van der Waals surface area contributed by atoms with Crippen molar-refractivity contribution in [3.63, 3.8) is 0 Å². The van der Waals surface area contributed by atoms with Crippen molar-refractivity contribution >= 4 is 17.7 Å². The van der Waals surface area contributed by atoms with Crippen molar-refractivity contribution in [3.05, 3.63) is 77.9 Å². The average Bonchev–Trinajstić information content (AvgIpc) is 2.94. The highest BCUT2D eigenvalue weighted by Crippen LogP contribution is 2.27. The number of nitrogens with zero attached hydrogens (tertiary/aromatic N) is 2. The number of likely N-dealkylation sites (tertiary alicyclic amines) is 1. The van der Waals surface area contributed by atoms with Gasteiger partial charge in [0.15, 0.2) is 6.61 Å². The van der Waals surface area contributed by atoms with E-state index in [1.54, 1.807) is 41.4 Å². The Balaban J connectivity index is 1.50. The smallest absolute Gasteiger partial charge is 0.258 e. The first kappa shape index (κ1) is 28.1. The van der Waals surface area contributed by atoms with Gasteiger partial charge in [-0.3, -0.25) is 19.4 Å². The molecular weight excluding hydrogens is 527 g/mol. The Kier molecular flexibility index (Phi) is 7.92. The topological polar surface area (TPSA) is 110 Å². The van der Waals surface area contributed by atoms with Gasteiger partial charge in [-0.15, -0.1) is 0 Å². The summed E-state index contributed by atoms with van der Waals surface area (Å²) in [7, 11) is 0. The molecule has 3 heterocycles. The van der Waals surface area contributed by atoms with Crippen molar-refractivity contribution in [1.82, 2.24) is 20.5 Å². The zero-order valence-corrected chi connectivity index (χ0v) is 23.3. The van der Waals surface area contributed by atoms with Gasteiger partial charge in [0.25, 0.3) is 11.8 Å². The van der Waals surface area contributed by atoms with Crippen LogP contribution in [0, 0.1) is 11.2 Å². The zero-order valence-electron chi connectivity index (χ0n) is 23.3. The summed E-state index contributed by atoms with van der Waals surface area (Å²) in [6.45, 7) is 6.07. The number of rotatable bonds is 0. The minimum Gasteiger partial charge on any atom is -0.488 e. The summed E-state index contributed by atoms with van der Waals surface area (Å²) in [6.07, 6.45) is 3.01. The van der Waals surface area contributed by atoms with Crippen LogP contribution in [0.3, 0.4) is 0 Å². The fourth-order valence-corrected chi connectivity index (χ4v) is 4.97. The van der Waals surface area contributed by atoms with E-state index in [1.807, 2.05) is 26.8 Å². The number of amides is 3. The molecule has 2 N–H and O–H groups in total. The molecule has 2 atom stereocenters.